The summed E-state index contributed by atoms with van der Waals surface area (Å²) in [7, 11) is 0. The largest absolute Gasteiger partial charge is 0.506 e. The Balaban J connectivity index is 2.03. The van der Waals surface area contributed by atoms with Gasteiger partial charge in [-0.25, -0.2) is 5.43 Å². The van der Waals surface area contributed by atoms with Crippen molar-refractivity contribution in [3.63, 3.8) is 0 Å². The summed E-state index contributed by atoms with van der Waals surface area (Å²) in [6.45, 7) is -1.07. The number of nitrogens with one attached hydrogen (secondary N) is 1. The second-order valence-corrected chi connectivity index (χ2v) is 5.64. The van der Waals surface area contributed by atoms with E-state index in [1.807, 2.05) is 6.92 Å². The Hall–Kier alpha value is -2.48. The van der Waals surface area contributed by atoms with Crippen molar-refractivity contribution in [3.8, 4) is 11.5 Å². The lowest BCUT2D eigenvalue weighted by Crippen LogP contribution is -2.17. The van der Waals surface area contributed by atoms with Crippen molar-refractivity contribution in [1.29, 1.82) is 0 Å². The average Bonchev–Trinajstić information content (AvgIpc) is 2.52. The van der Waals surface area contributed by atoms with Gasteiger partial charge in [-0.3, -0.25) is 4.79 Å². The fourth-order valence-electron chi connectivity index (χ4n) is 1.87. The Morgan fingerprint density at radius 3 is 2.62 bits per heavy atom. The van der Waals surface area contributed by atoms with E-state index >= 15 is 0 Å². The van der Waals surface area contributed by atoms with Crippen molar-refractivity contribution in [3.05, 3.63) is 57.6 Å². The number of rotatable bonds is 5. The molecule has 0 heterocycles. The van der Waals surface area contributed by atoms with Gasteiger partial charge in [0.15, 0.2) is 0 Å². The molecule has 0 spiro atoms. The smallest absolute Gasteiger partial charge is 0.387 e. The first kappa shape index (κ1) is 17.9. The van der Waals surface area contributed by atoms with Gasteiger partial charge in [0.25, 0.3) is 5.91 Å². The van der Waals surface area contributed by atoms with Gasteiger partial charge in [-0.05, 0) is 64.8 Å². The summed E-state index contributed by atoms with van der Waals surface area (Å²) in [6, 6.07) is 8.63. The lowest BCUT2D eigenvalue weighted by atomic mass is 10.1. The van der Waals surface area contributed by atoms with Crippen LogP contribution in [-0.4, -0.2) is 23.8 Å². The van der Waals surface area contributed by atoms with Crippen molar-refractivity contribution >= 4 is 28.1 Å². The van der Waals surface area contributed by atoms with Gasteiger partial charge in [0.05, 0.1) is 10.7 Å². The molecule has 0 aromatic heterocycles. The minimum atomic E-state index is -2.92. The van der Waals surface area contributed by atoms with E-state index in [2.05, 4.69) is 31.2 Å². The van der Waals surface area contributed by atoms with Crippen LogP contribution in [0.2, 0.25) is 0 Å². The summed E-state index contributed by atoms with van der Waals surface area (Å²) in [5.41, 5.74) is 3.85. The van der Waals surface area contributed by atoms with Crippen LogP contribution < -0.4 is 10.2 Å². The first-order valence-corrected chi connectivity index (χ1v) is 7.53. The number of phenolic OH excluding ortho intramolecular Hbond substituents is 1. The molecule has 0 aliphatic carbocycles. The quantitative estimate of drug-likeness (QED) is 0.593. The van der Waals surface area contributed by atoms with Crippen LogP contribution in [0.1, 0.15) is 21.5 Å². The maximum atomic E-state index is 12.1. The number of hydrogen-bond donors (Lipinski definition) is 2. The molecule has 0 saturated carbocycles. The number of hydrazone groups is 1. The van der Waals surface area contributed by atoms with E-state index in [0.29, 0.717) is 10.0 Å². The molecule has 0 radical (unpaired) electrons. The Kier molecular flexibility index (Phi) is 5.86. The summed E-state index contributed by atoms with van der Waals surface area (Å²) in [6.07, 6.45) is 1.30. The highest BCUT2D eigenvalue weighted by atomic mass is 79.9. The first-order chi connectivity index (χ1) is 11.4. The summed E-state index contributed by atoms with van der Waals surface area (Å²) in [4.78, 5) is 11.9. The zero-order valence-corrected chi connectivity index (χ0v) is 14.0. The molecular weight excluding hydrogens is 386 g/mol. The number of nitrogens with zero attached hydrogens (tertiary/aromatic N) is 1. The highest BCUT2D eigenvalue weighted by molar-refractivity contribution is 9.10. The van der Waals surface area contributed by atoms with Crippen LogP contribution in [0.25, 0.3) is 0 Å². The Labute approximate surface area is 145 Å². The van der Waals surface area contributed by atoms with Gasteiger partial charge in [-0.2, -0.15) is 13.9 Å². The van der Waals surface area contributed by atoms with Crippen LogP contribution in [-0.2, 0) is 0 Å². The van der Waals surface area contributed by atoms with E-state index in [1.54, 1.807) is 12.1 Å². The molecule has 0 aliphatic rings. The van der Waals surface area contributed by atoms with Crippen LogP contribution >= 0.6 is 15.9 Å². The number of carbonyl (C=O) groups excluding carboxylic acids is 1. The molecule has 1 amide bonds. The standard InChI is InChI=1S/C16H13BrF2N2O3/c1-9-6-11(14(22)13(17)7-9)8-20-21-15(23)10-2-4-12(5-3-10)24-16(18)19/h2-8,16,22H,1H3,(H,21,23)/b20-8+. The molecule has 8 heteroatoms. The Morgan fingerprint density at radius 2 is 2.00 bits per heavy atom. The van der Waals surface area contributed by atoms with E-state index in [0.717, 1.165) is 5.56 Å². The fourth-order valence-corrected chi connectivity index (χ4v) is 2.46. The molecule has 126 valence electrons. The second kappa shape index (κ2) is 7.87. The number of hydrogen-bond acceptors (Lipinski definition) is 4. The highest BCUT2D eigenvalue weighted by Gasteiger charge is 2.08. The molecule has 0 bridgehead atoms. The number of amides is 1. The maximum Gasteiger partial charge on any atom is 0.387 e. The number of aromatic hydroxyl groups is 1. The molecule has 2 N–H and O–H groups in total. The third-order valence-electron chi connectivity index (χ3n) is 2.95. The summed E-state index contributed by atoms with van der Waals surface area (Å²) >= 11 is 3.21. The predicted molar refractivity (Wildman–Crippen MR) is 88.7 cm³/mol. The summed E-state index contributed by atoms with van der Waals surface area (Å²) in [5.74, 6) is -0.562. The number of halogens is 3. The van der Waals surface area contributed by atoms with E-state index in [-0.39, 0.29) is 17.1 Å². The summed E-state index contributed by atoms with van der Waals surface area (Å²) < 4.78 is 28.8. The van der Waals surface area contributed by atoms with Crippen LogP contribution in [0.15, 0.2) is 46.0 Å². The fraction of sp³-hybridized carbons (Fsp3) is 0.125. The number of aryl methyl sites for hydroxylation is 1. The molecule has 2 aromatic carbocycles. The molecule has 2 aromatic rings. The molecule has 0 unspecified atom stereocenters. The lowest BCUT2D eigenvalue weighted by Gasteiger charge is -2.05. The van der Waals surface area contributed by atoms with E-state index in [4.69, 9.17) is 0 Å². The third kappa shape index (κ3) is 4.76. The lowest BCUT2D eigenvalue weighted by molar-refractivity contribution is -0.0498. The normalized spacial score (nSPS) is 11.0. The van der Waals surface area contributed by atoms with Crippen LogP contribution in [0.3, 0.4) is 0 Å². The van der Waals surface area contributed by atoms with Crippen molar-refractivity contribution in [2.24, 2.45) is 5.10 Å². The topological polar surface area (TPSA) is 70.9 Å². The van der Waals surface area contributed by atoms with Crippen molar-refractivity contribution < 1.29 is 23.4 Å². The third-order valence-corrected chi connectivity index (χ3v) is 3.55. The van der Waals surface area contributed by atoms with Crippen molar-refractivity contribution in [2.75, 3.05) is 0 Å². The van der Waals surface area contributed by atoms with Gasteiger partial charge >= 0.3 is 6.61 Å². The molecule has 24 heavy (non-hydrogen) atoms. The Bertz CT molecular complexity index is 765. The molecule has 0 saturated heterocycles. The van der Waals surface area contributed by atoms with E-state index in [1.165, 1.54) is 30.5 Å². The number of phenols is 1. The van der Waals surface area contributed by atoms with Gasteiger partial charge in [-0.15, -0.1) is 0 Å². The van der Waals surface area contributed by atoms with Gasteiger partial charge < -0.3 is 9.84 Å². The minimum Gasteiger partial charge on any atom is -0.506 e. The van der Waals surface area contributed by atoms with Gasteiger partial charge in [0.1, 0.15) is 11.5 Å². The van der Waals surface area contributed by atoms with Gasteiger partial charge in [0.2, 0.25) is 0 Å². The predicted octanol–water partition coefficient (Wildman–Crippen LogP) is 3.83. The van der Waals surface area contributed by atoms with Crippen LogP contribution in [0.4, 0.5) is 8.78 Å². The summed E-state index contributed by atoms with van der Waals surface area (Å²) in [5, 5.41) is 13.7. The van der Waals surface area contributed by atoms with Crippen molar-refractivity contribution in [2.45, 2.75) is 13.5 Å². The zero-order valence-electron chi connectivity index (χ0n) is 12.5. The second-order valence-electron chi connectivity index (χ2n) is 4.79. The molecule has 2 rings (SSSR count). The average molecular weight is 399 g/mol. The monoisotopic (exact) mass is 398 g/mol. The number of carbonyl (C=O) groups is 1. The Morgan fingerprint density at radius 1 is 1.33 bits per heavy atom. The minimum absolute atomic E-state index is 0.00657. The number of benzene rings is 2. The molecule has 5 nitrogen and oxygen atoms in total. The van der Waals surface area contributed by atoms with Gasteiger partial charge in [-0.1, -0.05) is 0 Å². The molecular formula is C16H13BrF2N2O3. The molecule has 0 atom stereocenters. The number of alkyl halides is 2. The van der Waals surface area contributed by atoms with Gasteiger partial charge in [0, 0.05) is 11.1 Å². The molecule has 0 aliphatic heterocycles. The van der Waals surface area contributed by atoms with Crippen LogP contribution in [0.5, 0.6) is 11.5 Å². The number of ether oxygens (including phenoxy) is 1. The molecule has 0 fully saturated rings. The zero-order chi connectivity index (χ0) is 17.7. The highest BCUT2D eigenvalue weighted by Crippen LogP contribution is 2.28. The first-order valence-electron chi connectivity index (χ1n) is 6.74. The van der Waals surface area contributed by atoms with E-state index in [9.17, 15) is 18.7 Å². The van der Waals surface area contributed by atoms with Crippen LogP contribution in [0, 0.1) is 6.92 Å². The van der Waals surface area contributed by atoms with E-state index < -0.39 is 12.5 Å². The maximum absolute atomic E-state index is 12.1. The van der Waals surface area contributed by atoms with Crippen molar-refractivity contribution in [1.82, 2.24) is 5.43 Å². The SMILES string of the molecule is Cc1cc(Br)c(O)c(/C=N/NC(=O)c2ccc(OC(F)F)cc2)c1.